The summed E-state index contributed by atoms with van der Waals surface area (Å²) < 4.78 is 36.8. The van der Waals surface area contributed by atoms with Gasteiger partial charge in [0.05, 0.1) is 18.8 Å². The Morgan fingerprint density at radius 2 is 1.72 bits per heavy atom. The maximum atomic E-state index is 13.1. The summed E-state index contributed by atoms with van der Waals surface area (Å²) in [6.45, 7) is 1.04. The molecule has 6 nitrogen and oxygen atoms in total. The van der Waals surface area contributed by atoms with Crippen molar-refractivity contribution in [3.63, 3.8) is 0 Å². The van der Waals surface area contributed by atoms with Crippen molar-refractivity contribution in [2.75, 3.05) is 20.2 Å². The minimum absolute atomic E-state index is 0.163. The molecule has 1 aromatic carbocycles. The summed E-state index contributed by atoms with van der Waals surface area (Å²) in [5.41, 5.74) is 0.413. The molecular weight excluding hydrogens is 384 g/mol. The van der Waals surface area contributed by atoms with E-state index in [2.05, 4.69) is 4.74 Å². The number of methoxy groups -OCH3 is 1. The van der Waals surface area contributed by atoms with E-state index < -0.39 is 30.0 Å². The summed E-state index contributed by atoms with van der Waals surface area (Å²) in [5, 5.41) is 10.5. The molecule has 2 saturated carbocycles. The molecule has 1 aromatic rings. The maximum Gasteiger partial charge on any atom is 0.337 e. The number of carbonyl (C=O) groups is 2. The van der Waals surface area contributed by atoms with Crippen molar-refractivity contribution >= 4 is 11.9 Å². The van der Waals surface area contributed by atoms with Crippen LogP contribution in [0.5, 0.6) is 5.75 Å². The molecule has 1 heterocycles. The molecule has 3 aliphatic rings. The van der Waals surface area contributed by atoms with Gasteiger partial charge in [0.15, 0.2) is 0 Å². The first-order chi connectivity index (χ1) is 13.8. The van der Waals surface area contributed by atoms with Crippen molar-refractivity contribution in [2.45, 2.75) is 43.8 Å². The van der Waals surface area contributed by atoms with Crippen molar-refractivity contribution in [3.05, 3.63) is 29.8 Å². The second kappa shape index (κ2) is 7.55. The van der Waals surface area contributed by atoms with Crippen LogP contribution in [-0.4, -0.2) is 60.2 Å². The van der Waals surface area contributed by atoms with Gasteiger partial charge in [0, 0.05) is 31.8 Å². The van der Waals surface area contributed by atoms with Crippen LogP contribution in [0.3, 0.4) is 0 Å². The zero-order valence-electron chi connectivity index (χ0n) is 16.2. The van der Waals surface area contributed by atoms with Crippen LogP contribution < -0.4 is 4.74 Å². The summed E-state index contributed by atoms with van der Waals surface area (Å²) in [6, 6.07) is 6.52. The van der Waals surface area contributed by atoms with E-state index in [0.717, 1.165) is 0 Å². The lowest BCUT2D eigenvalue weighted by atomic mass is 9.78. The first kappa shape index (κ1) is 20.1. The number of benzene rings is 1. The number of likely N-dealkylation sites (tertiary alicyclic amines) is 1. The Hall–Kier alpha value is -2.22. The van der Waals surface area contributed by atoms with Gasteiger partial charge >= 0.3 is 5.97 Å². The molecule has 1 saturated heterocycles. The van der Waals surface area contributed by atoms with Crippen LogP contribution in [0.15, 0.2) is 24.3 Å². The highest BCUT2D eigenvalue weighted by molar-refractivity contribution is 5.89. The highest BCUT2D eigenvalue weighted by atomic mass is 19.3. The molecule has 0 radical (unpaired) electrons. The van der Waals surface area contributed by atoms with Crippen LogP contribution in [0, 0.1) is 17.8 Å². The number of esters is 1. The molecule has 1 amide bonds. The van der Waals surface area contributed by atoms with Gasteiger partial charge in [-0.05, 0) is 48.9 Å². The third kappa shape index (κ3) is 4.08. The zero-order valence-corrected chi connectivity index (χ0v) is 16.2. The van der Waals surface area contributed by atoms with Crippen molar-refractivity contribution in [1.29, 1.82) is 0 Å². The highest BCUT2D eigenvalue weighted by Crippen LogP contribution is 2.45. The monoisotopic (exact) mass is 409 g/mol. The number of aliphatic hydroxyl groups excluding tert-OH is 1. The number of hydrogen-bond acceptors (Lipinski definition) is 5. The molecule has 4 atom stereocenters. The van der Waals surface area contributed by atoms with Crippen molar-refractivity contribution in [2.24, 2.45) is 17.8 Å². The van der Waals surface area contributed by atoms with E-state index in [1.54, 1.807) is 29.2 Å². The Morgan fingerprint density at radius 3 is 2.31 bits per heavy atom. The molecule has 0 aromatic heterocycles. The molecule has 1 N–H and O–H groups in total. The number of carbonyl (C=O) groups excluding carboxylic acids is 2. The van der Waals surface area contributed by atoms with Gasteiger partial charge in [0.2, 0.25) is 11.8 Å². The Labute approximate surface area is 167 Å². The average Bonchev–Trinajstić information content (AvgIpc) is 3.08. The molecule has 0 bridgehead atoms. The number of aliphatic hydroxyl groups is 1. The number of fused-ring (bicyclic) bond motifs is 1. The first-order valence-corrected chi connectivity index (χ1v) is 9.95. The standard InChI is InChI=1S/C21H25F2NO5/c1-28-20(27)12-2-4-16(5-3-12)29-18-7-14-11-24(10-13(14)6-17(18)25)19(26)15-8-21(22,23)9-15/h2-5,13-15,17-18,25H,6-11H2,1H3/t13-,14+,17+,18+/m0/s1. The molecule has 0 unspecified atom stereocenters. The minimum atomic E-state index is -2.70. The second-order valence-electron chi connectivity index (χ2n) is 8.44. The summed E-state index contributed by atoms with van der Waals surface area (Å²) >= 11 is 0. The molecule has 4 rings (SSSR count). The third-order valence-corrected chi connectivity index (χ3v) is 6.40. The van der Waals surface area contributed by atoms with Gasteiger partial charge in [0.1, 0.15) is 11.9 Å². The summed E-state index contributed by atoms with van der Waals surface area (Å²) in [4.78, 5) is 25.7. The van der Waals surface area contributed by atoms with E-state index in [1.165, 1.54) is 7.11 Å². The van der Waals surface area contributed by atoms with E-state index in [9.17, 15) is 23.5 Å². The average molecular weight is 409 g/mol. The number of ether oxygens (including phenoxy) is 2. The number of hydrogen-bond donors (Lipinski definition) is 1. The fraction of sp³-hybridized carbons (Fsp3) is 0.619. The van der Waals surface area contributed by atoms with Gasteiger partial charge in [-0.1, -0.05) is 0 Å². The summed E-state index contributed by atoms with van der Waals surface area (Å²) in [6.07, 6.45) is -0.681. The third-order valence-electron chi connectivity index (χ3n) is 6.40. The number of halogens is 2. The lowest BCUT2D eigenvalue weighted by Gasteiger charge is -2.36. The molecule has 0 spiro atoms. The summed E-state index contributed by atoms with van der Waals surface area (Å²) in [7, 11) is 1.31. The fourth-order valence-electron chi connectivity index (χ4n) is 4.75. The predicted molar refractivity (Wildman–Crippen MR) is 98.7 cm³/mol. The van der Waals surface area contributed by atoms with Crippen molar-refractivity contribution in [3.8, 4) is 5.75 Å². The molecule has 1 aliphatic heterocycles. The van der Waals surface area contributed by atoms with E-state index in [1.807, 2.05) is 0 Å². The van der Waals surface area contributed by atoms with Crippen LogP contribution in [0.25, 0.3) is 0 Å². The molecular formula is C21H25F2NO5. The van der Waals surface area contributed by atoms with Crippen LogP contribution in [0.1, 0.15) is 36.0 Å². The Kier molecular flexibility index (Phi) is 5.23. The van der Waals surface area contributed by atoms with E-state index >= 15 is 0 Å². The quantitative estimate of drug-likeness (QED) is 0.774. The smallest absolute Gasteiger partial charge is 0.337 e. The molecule has 158 valence electrons. The van der Waals surface area contributed by atoms with Gasteiger partial charge in [-0.3, -0.25) is 4.79 Å². The van der Waals surface area contributed by atoms with Crippen molar-refractivity contribution < 1.29 is 33.0 Å². The van der Waals surface area contributed by atoms with Gasteiger partial charge in [-0.15, -0.1) is 0 Å². The molecule has 2 aliphatic carbocycles. The van der Waals surface area contributed by atoms with Crippen LogP contribution in [0.4, 0.5) is 8.78 Å². The minimum Gasteiger partial charge on any atom is -0.488 e. The van der Waals surface area contributed by atoms with Crippen LogP contribution in [-0.2, 0) is 9.53 Å². The Bertz CT molecular complexity index is 776. The van der Waals surface area contributed by atoms with Crippen LogP contribution in [0.2, 0.25) is 0 Å². The van der Waals surface area contributed by atoms with Gasteiger partial charge in [-0.25, -0.2) is 13.6 Å². The number of amides is 1. The van der Waals surface area contributed by atoms with Crippen LogP contribution >= 0.6 is 0 Å². The molecule has 29 heavy (non-hydrogen) atoms. The highest BCUT2D eigenvalue weighted by Gasteiger charge is 2.52. The largest absolute Gasteiger partial charge is 0.488 e. The van der Waals surface area contributed by atoms with Gasteiger partial charge in [-0.2, -0.15) is 0 Å². The molecule has 3 fully saturated rings. The normalized spacial score (nSPS) is 31.0. The van der Waals surface area contributed by atoms with E-state index in [4.69, 9.17) is 4.74 Å². The Morgan fingerprint density at radius 1 is 1.10 bits per heavy atom. The summed E-state index contributed by atoms with van der Waals surface area (Å²) in [5.74, 6) is -3.00. The number of alkyl halides is 2. The second-order valence-corrected chi connectivity index (χ2v) is 8.44. The fourth-order valence-corrected chi connectivity index (χ4v) is 4.75. The van der Waals surface area contributed by atoms with Crippen molar-refractivity contribution in [1.82, 2.24) is 4.90 Å². The topological polar surface area (TPSA) is 76.1 Å². The first-order valence-electron chi connectivity index (χ1n) is 9.95. The maximum absolute atomic E-state index is 13.1. The predicted octanol–water partition coefficient (Wildman–Crippen LogP) is 2.50. The number of nitrogens with zero attached hydrogens (tertiary/aromatic N) is 1. The van der Waals surface area contributed by atoms with Gasteiger partial charge in [0.25, 0.3) is 0 Å². The van der Waals surface area contributed by atoms with E-state index in [-0.39, 0.29) is 30.6 Å². The van der Waals surface area contributed by atoms with E-state index in [0.29, 0.717) is 37.2 Å². The van der Waals surface area contributed by atoms with Gasteiger partial charge < -0.3 is 19.5 Å². The molecule has 8 heteroatoms. The Balaban J connectivity index is 1.34. The number of rotatable bonds is 4. The SMILES string of the molecule is COC(=O)c1ccc(O[C@@H]2C[C@@H]3CN(C(=O)C4CC(F)(F)C4)C[C@@H]3C[C@H]2O)cc1. The lowest BCUT2D eigenvalue weighted by Crippen LogP contribution is -2.46. The lowest BCUT2D eigenvalue weighted by molar-refractivity contribution is -0.159. The zero-order chi connectivity index (χ0) is 20.8.